The van der Waals surface area contributed by atoms with E-state index in [1.165, 1.54) is 0 Å². The Kier molecular flexibility index (Phi) is 4.73. The molecule has 0 fully saturated rings. The van der Waals surface area contributed by atoms with Gasteiger partial charge in [0.1, 0.15) is 5.75 Å². The van der Waals surface area contributed by atoms with Gasteiger partial charge < -0.3 is 4.74 Å². The van der Waals surface area contributed by atoms with E-state index in [-0.39, 0.29) is 5.92 Å². The second-order valence-corrected chi connectivity index (χ2v) is 4.72. The number of rotatable bonds is 5. The number of nitrogens with zero attached hydrogens (tertiary/aromatic N) is 2. The first-order chi connectivity index (χ1) is 9.74. The molecule has 2 rings (SSSR count). The van der Waals surface area contributed by atoms with Crippen LogP contribution in [-0.4, -0.2) is 11.6 Å². The summed E-state index contributed by atoms with van der Waals surface area (Å²) in [5.74, 6) is 1.01. The third-order valence-corrected chi connectivity index (χ3v) is 3.22. The van der Waals surface area contributed by atoms with Crippen molar-refractivity contribution < 1.29 is 4.74 Å². The van der Waals surface area contributed by atoms with Crippen molar-refractivity contribution in [3.8, 4) is 11.8 Å². The molecule has 1 aromatic heterocycles. The number of hydrogen-bond donors (Lipinski definition) is 0. The summed E-state index contributed by atoms with van der Waals surface area (Å²) in [6.45, 7) is 4.90. The molecule has 3 heteroatoms. The topological polar surface area (TPSA) is 45.9 Å². The van der Waals surface area contributed by atoms with Crippen molar-refractivity contribution in [1.29, 1.82) is 5.26 Å². The van der Waals surface area contributed by atoms with Gasteiger partial charge >= 0.3 is 0 Å². The maximum atomic E-state index is 8.81. The Bertz CT molecular complexity index is 582. The number of benzene rings is 1. The maximum Gasteiger partial charge on any atom is 0.137 e. The van der Waals surface area contributed by atoms with E-state index < -0.39 is 0 Å². The third-order valence-electron chi connectivity index (χ3n) is 3.22. The van der Waals surface area contributed by atoms with Crippen molar-refractivity contribution >= 4 is 0 Å². The van der Waals surface area contributed by atoms with E-state index in [9.17, 15) is 0 Å². The van der Waals surface area contributed by atoms with Crippen LogP contribution in [0.15, 0.2) is 42.6 Å². The van der Waals surface area contributed by atoms with Gasteiger partial charge in [-0.3, -0.25) is 4.98 Å². The van der Waals surface area contributed by atoms with E-state index in [1.54, 1.807) is 6.20 Å². The molecule has 0 radical (unpaired) electrons. The molecule has 0 aliphatic carbocycles. The van der Waals surface area contributed by atoms with Crippen molar-refractivity contribution in [1.82, 2.24) is 4.98 Å². The van der Waals surface area contributed by atoms with Crippen LogP contribution in [0.1, 0.15) is 43.0 Å². The predicted molar refractivity (Wildman–Crippen MR) is 78.7 cm³/mol. The van der Waals surface area contributed by atoms with Gasteiger partial charge in [-0.15, -0.1) is 0 Å². The van der Waals surface area contributed by atoms with Gasteiger partial charge in [0.25, 0.3) is 0 Å². The lowest BCUT2D eigenvalue weighted by Gasteiger charge is -2.12. The van der Waals surface area contributed by atoms with Crippen molar-refractivity contribution in [2.24, 2.45) is 0 Å². The van der Waals surface area contributed by atoms with Gasteiger partial charge in [-0.1, -0.05) is 26.0 Å². The molecule has 2 aromatic rings. The van der Waals surface area contributed by atoms with Crippen LogP contribution in [-0.2, 0) is 0 Å². The zero-order valence-corrected chi connectivity index (χ0v) is 11.8. The first-order valence-electron chi connectivity index (χ1n) is 6.83. The highest BCUT2D eigenvalue weighted by molar-refractivity contribution is 5.36. The van der Waals surface area contributed by atoms with Crippen LogP contribution in [0, 0.1) is 11.3 Å². The lowest BCUT2D eigenvalue weighted by atomic mass is 9.96. The van der Waals surface area contributed by atoms with Crippen LogP contribution >= 0.6 is 0 Å². The van der Waals surface area contributed by atoms with Crippen LogP contribution < -0.4 is 4.74 Å². The summed E-state index contributed by atoms with van der Waals surface area (Å²) in [4.78, 5) is 4.46. The van der Waals surface area contributed by atoms with E-state index in [1.807, 2.05) is 36.4 Å². The molecule has 0 aliphatic rings. The summed E-state index contributed by atoms with van der Waals surface area (Å²) >= 11 is 0. The molecule has 0 bridgehead atoms. The molecule has 0 N–H and O–H groups in total. The zero-order chi connectivity index (χ0) is 14.4. The molecule has 0 aliphatic heterocycles. The SMILES string of the molecule is CCCOc1ccc(C(C)c2ccc(C#N)cc2)nc1. The Balaban J connectivity index is 2.11. The number of ether oxygens (including phenoxy) is 1. The lowest BCUT2D eigenvalue weighted by molar-refractivity contribution is 0.316. The summed E-state index contributed by atoms with van der Waals surface area (Å²) in [6, 6.07) is 13.7. The van der Waals surface area contributed by atoms with Crippen molar-refractivity contribution in [3.05, 3.63) is 59.4 Å². The Morgan fingerprint density at radius 1 is 1.20 bits per heavy atom. The zero-order valence-electron chi connectivity index (χ0n) is 11.8. The van der Waals surface area contributed by atoms with Crippen LogP contribution in [0.3, 0.4) is 0 Å². The number of pyridine rings is 1. The van der Waals surface area contributed by atoms with Gasteiger partial charge in [0.05, 0.1) is 24.4 Å². The molecule has 102 valence electrons. The van der Waals surface area contributed by atoms with Gasteiger partial charge in [0, 0.05) is 11.6 Å². The molecule has 1 aromatic carbocycles. The summed E-state index contributed by atoms with van der Waals surface area (Å²) in [5, 5.41) is 8.81. The van der Waals surface area contributed by atoms with Crippen molar-refractivity contribution in [3.63, 3.8) is 0 Å². The molecule has 3 nitrogen and oxygen atoms in total. The molecule has 20 heavy (non-hydrogen) atoms. The second-order valence-electron chi connectivity index (χ2n) is 4.72. The highest BCUT2D eigenvalue weighted by Gasteiger charge is 2.10. The van der Waals surface area contributed by atoms with Crippen molar-refractivity contribution in [2.45, 2.75) is 26.2 Å². The molecule has 1 unspecified atom stereocenters. The molecule has 0 amide bonds. The van der Waals surface area contributed by atoms with Crippen LogP contribution in [0.5, 0.6) is 5.75 Å². The number of aromatic nitrogens is 1. The standard InChI is InChI=1S/C17H18N2O/c1-3-10-20-16-8-9-17(19-12-16)13(2)15-6-4-14(11-18)5-7-15/h4-9,12-13H,3,10H2,1-2H3. The Labute approximate surface area is 119 Å². The third kappa shape index (κ3) is 3.36. The summed E-state index contributed by atoms with van der Waals surface area (Å²) < 4.78 is 5.53. The van der Waals surface area contributed by atoms with Gasteiger partial charge in [-0.05, 0) is 36.2 Å². The fourth-order valence-electron chi connectivity index (χ4n) is 1.97. The lowest BCUT2D eigenvalue weighted by Crippen LogP contribution is -2.00. The Morgan fingerprint density at radius 3 is 2.50 bits per heavy atom. The summed E-state index contributed by atoms with van der Waals surface area (Å²) in [7, 11) is 0. The quantitative estimate of drug-likeness (QED) is 0.824. The average molecular weight is 266 g/mol. The first-order valence-corrected chi connectivity index (χ1v) is 6.83. The smallest absolute Gasteiger partial charge is 0.137 e. The molecule has 0 saturated carbocycles. The van der Waals surface area contributed by atoms with E-state index >= 15 is 0 Å². The Hall–Kier alpha value is -2.34. The van der Waals surface area contributed by atoms with Crippen LogP contribution in [0.4, 0.5) is 0 Å². The van der Waals surface area contributed by atoms with Gasteiger partial charge in [-0.2, -0.15) is 5.26 Å². The molecule has 0 spiro atoms. The minimum atomic E-state index is 0.197. The largest absolute Gasteiger partial charge is 0.492 e. The highest BCUT2D eigenvalue weighted by atomic mass is 16.5. The van der Waals surface area contributed by atoms with E-state index in [0.29, 0.717) is 12.2 Å². The van der Waals surface area contributed by atoms with Gasteiger partial charge in [-0.25, -0.2) is 0 Å². The van der Waals surface area contributed by atoms with E-state index in [0.717, 1.165) is 23.4 Å². The normalized spacial score (nSPS) is 11.7. The monoisotopic (exact) mass is 266 g/mol. The van der Waals surface area contributed by atoms with E-state index in [4.69, 9.17) is 10.00 Å². The van der Waals surface area contributed by atoms with Gasteiger partial charge in [0.2, 0.25) is 0 Å². The Morgan fingerprint density at radius 2 is 1.95 bits per heavy atom. The second kappa shape index (κ2) is 6.72. The minimum absolute atomic E-state index is 0.197. The molecule has 0 saturated heterocycles. The molecular weight excluding hydrogens is 248 g/mol. The summed E-state index contributed by atoms with van der Waals surface area (Å²) in [5.41, 5.74) is 2.83. The molecule has 1 heterocycles. The van der Waals surface area contributed by atoms with Gasteiger partial charge in [0.15, 0.2) is 0 Å². The highest BCUT2D eigenvalue weighted by Crippen LogP contribution is 2.24. The average Bonchev–Trinajstić information content (AvgIpc) is 2.53. The number of hydrogen-bond acceptors (Lipinski definition) is 3. The predicted octanol–water partition coefficient (Wildman–Crippen LogP) is 3.89. The van der Waals surface area contributed by atoms with Crippen LogP contribution in [0.2, 0.25) is 0 Å². The maximum absolute atomic E-state index is 8.81. The van der Waals surface area contributed by atoms with Crippen LogP contribution in [0.25, 0.3) is 0 Å². The molecule has 1 atom stereocenters. The number of nitriles is 1. The summed E-state index contributed by atoms with van der Waals surface area (Å²) in [6.07, 6.45) is 2.76. The molecular formula is C17H18N2O. The minimum Gasteiger partial charge on any atom is -0.492 e. The van der Waals surface area contributed by atoms with E-state index in [2.05, 4.69) is 24.9 Å². The van der Waals surface area contributed by atoms with Crippen molar-refractivity contribution in [2.75, 3.05) is 6.61 Å². The first kappa shape index (κ1) is 14.1. The fraction of sp³-hybridized carbons (Fsp3) is 0.294. The fourth-order valence-corrected chi connectivity index (χ4v) is 1.97.